The predicted molar refractivity (Wildman–Crippen MR) is 133 cm³/mol. The number of non-ortho nitro benzene ring substituents is 1. The van der Waals surface area contributed by atoms with E-state index in [-0.39, 0.29) is 10.6 Å². The van der Waals surface area contributed by atoms with Crippen molar-refractivity contribution in [3.8, 4) is 11.5 Å². The molecule has 0 aliphatic carbocycles. The molecule has 0 spiro atoms. The highest BCUT2D eigenvalue weighted by Crippen LogP contribution is 2.28. The van der Waals surface area contributed by atoms with Gasteiger partial charge in [0, 0.05) is 40.8 Å². The molecule has 3 aromatic carbocycles. The fourth-order valence-electron chi connectivity index (χ4n) is 3.97. The van der Waals surface area contributed by atoms with Crippen molar-refractivity contribution in [2.24, 2.45) is 5.10 Å². The second kappa shape index (κ2) is 10.1. The Kier molecular flexibility index (Phi) is 6.77. The molecule has 4 aromatic rings. The van der Waals surface area contributed by atoms with Crippen molar-refractivity contribution in [2.75, 3.05) is 14.2 Å². The standard InChI is InChI=1S/C26H26N4O4/c1-18-23(16-28-27-15-20-10-13-25(33-2)26(14-20)34-3)22-6-4-5-7-24(22)29(18)17-19-8-11-21(12-9-19)30(31)32/h4-14,16,27H,15,17H2,1-3H3/b28-16-. The van der Waals surface area contributed by atoms with Gasteiger partial charge in [0.2, 0.25) is 0 Å². The number of aromatic nitrogens is 1. The minimum atomic E-state index is -0.385. The summed E-state index contributed by atoms with van der Waals surface area (Å²) in [4.78, 5) is 10.6. The molecule has 0 fully saturated rings. The molecule has 8 heteroatoms. The first-order valence-electron chi connectivity index (χ1n) is 10.8. The zero-order chi connectivity index (χ0) is 24.1. The van der Waals surface area contributed by atoms with Gasteiger partial charge < -0.3 is 19.5 Å². The van der Waals surface area contributed by atoms with Gasteiger partial charge in [-0.15, -0.1) is 0 Å². The quantitative estimate of drug-likeness (QED) is 0.215. The number of nitrogens with one attached hydrogen (secondary N) is 1. The highest BCUT2D eigenvalue weighted by Gasteiger charge is 2.13. The molecule has 0 radical (unpaired) electrons. The number of para-hydroxylation sites is 1. The second-order valence-electron chi connectivity index (χ2n) is 7.81. The van der Waals surface area contributed by atoms with Crippen LogP contribution in [-0.4, -0.2) is 29.9 Å². The number of hydrogen-bond acceptors (Lipinski definition) is 6. The summed E-state index contributed by atoms with van der Waals surface area (Å²) < 4.78 is 12.8. The van der Waals surface area contributed by atoms with Gasteiger partial charge in [-0.05, 0) is 36.2 Å². The maximum Gasteiger partial charge on any atom is 0.269 e. The molecule has 4 rings (SSSR count). The summed E-state index contributed by atoms with van der Waals surface area (Å²) in [7, 11) is 3.23. The predicted octanol–water partition coefficient (Wildman–Crippen LogP) is 5.05. The summed E-state index contributed by atoms with van der Waals surface area (Å²) >= 11 is 0. The van der Waals surface area contributed by atoms with Crippen LogP contribution in [0.25, 0.3) is 10.9 Å². The molecule has 174 valence electrons. The molecule has 0 aliphatic heterocycles. The molecule has 1 heterocycles. The van der Waals surface area contributed by atoms with Gasteiger partial charge >= 0.3 is 0 Å². The van der Waals surface area contributed by atoms with Crippen molar-refractivity contribution < 1.29 is 14.4 Å². The minimum Gasteiger partial charge on any atom is -0.493 e. The van der Waals surface area contributed by atoms with Crippen molar-refractivity contribution >= 4 is 22.8 Å². The van der Waals surface area contributed by atoms with E-state index in [1.54, 1.807) is 26.4 Å². The number of fused-ring (bicyclic) bond motifs is 1. The van der Waals surface area contributed by atoms with Gasteiger partial charge in [-0.2, -0.15) is 5.10 Å². The third-order valence-electron chi connectivity index (χ3n) is 5.78. The van der Waals surface area contributed by atoms with Crippen LogP contribution in [0.3, 0.4) is 0 Å². The molecule has 0 bridgehead atoms. The van der Waals surface area contributed by atoms with Gasteiger partial charge in [-0.3, -0.25) is 10.1 Å². The molecule has 34 heavy (non-hydrogen) atoms. The summed E-state index contributed by atoms with van der Waals surface area (Å²) in [6.45, 7) is 3.20. The number of benzene rings is 3. The molecule has 8 nitrogen and oxygen atoms in total. The van der Waals surface area contributed by atoms with Crippen LogP contribution in [-0.2, 0) is 13.1 Å². The van der Waals surface area contributed by atoms with Crippen molar-refractivity contribution in [3.05, 3.63) is 99.2 Å². The van der Waals surface area contributed by atoms with E-state index in [1.165, 1.54) is 12.1 Å². The number of hydrazone groups is 1. The first-order chi connectivity index (χ1) is 16.5. The SMILES string of the molecule is COc1ccc(CN/N=C\c2c(C)n(Cc3ccc([N+](=O)[O-])cc3)c3ccccc23)cc1OC. The lowest BCUT2D eigenvalue weighted by Crippen LogP contribution is -2.06. The third-order valence-corrected chi connectivity index (χ3v) is 5.78. The van der Waals surface area contributed by atoms with E-state index in [2.05, 4.69) is 34.2 Å². The van der Waals surface area contributed by atoms with Crippen LogP contribution in [0, 0.1) is 17.0 Å². The molecule has 0 saturated carbocycles. The van der Waals surface area contributed by atoms with Crippen molar-refractivity contribution in [2.45, 2.75) is 20.0 Å². The van der Waals surface area contributed by atoms with Crippen LogP contribution < -0.4 is 14.9 Å². The Balaban J connectivity index is 1.54. The number of methoxy groups -OCH3 is 2. The lowest BCUT2D eigenvalue weighted by Gasteiger charge is -2.09. The molecule has 0 saturated heterocycles. The van der Waals surface area contributed by atoms with E-state index in [1.807, 2.05) is 36.5 Å². The van der Waals surface area contributed by atoms with Crippen LogP contribution in [0.5, 0.6) is 11.5 Å². The number of rotatable bonds is 9. The average molecular weight is 459 g/mol. The van der Waals surface area contributed by atoms with Crippen LogP contribution in [0.4, 0.5) is 5.69 Å². The van der Waals surface area contributed by atoms with E-state index in [0.717, 1.165) is 33.3 Å². The maximum absolute atomic E-state index is 10.9. The van der Waals surface area contributed by atoms with Gasteiger partial charge in [-0.1, -0.05) is 36.4 Å². The lowest BCUT2D eigenvalue weighted by molar-refractivity contribution is -0.384. The Morgan fingerprint density at radius 3 is 2.41 bits per heavy atom. The van der Waals surface area contributed by atoms with Gasteiger partial charge in [-0.25, -0.2) is 0 Å². The average Bonchev–Trinajstić information content (AvgIpc) is 3.12. The number of nitrogens with zero attached hydrogens (tertiary/aromatic N) is 3. The first kappa shape index (κ1) is 22.8. The highest BCUT2D eigenvalue weighted by atomic mass is 16.6. The monoisotopic (exact) mass is 458 g/mol. The Labute approximate surface area is 197 Å². The summed E-state index contributed by atoms with van der Waals surface area (Å²) in [5, 5.41) is 16.5. The van der Waals surface area contributed by atoms with E-state index in [9.17, 15) is 10.1 Å². The molecule has 0 aliphatic rings. The number of ether oxygens (including phenoxy) is 2. The topological polar surface area (TPSA) is 90.9 Å². The van der Waals surface area contributed by atoms with Crippen molar-refractivity contribution in [1.82, 2.24) is 9.99 Å². The summed E-state index contributed by atoms with van der Waals surface area (Å²) in [6.07, 6.45) is 1.84. The zero-order valence-corrected chi connectivity index (χ0v) is 19.3. The van der Waals surface area contributed by atoms with Crippen LogP contribution in [0.1, 0.15) is 22.4 Å². The molecular weight excluding hydrogens is 432 g/mol. The Bertz CT molecular complexity index is 1340. The fourth-order valence-corrected chi connectivity index (χ4v) is 3.97. The van der Waals surface area contributed by atoms with Crippen LogP contribution >= 0.6 is 0 Å². The van der Waals surface area contributed by atoms with E-state index >= 15 is 0 Å². The highest BCUT2D eigenvalue weighted by molar-refractivity contribution is 6.01. The number of hydrogen-bond donors (Lipinski definition) is 1. The van der Waals surface area contributed by atoms with E-state index in [0.29, 0.717) is 24.6 Å². The smallest absolute Gasteiger partial charge is 0.269 e. The minimum absolute atomic E-state index is 0.0891. The molecular formula is C26H26N4O4. The zero-order valence-electron chi connectivity index (χ0n) is 19.3. The summed E-state index contributed by atoms with van der Waals surface area (Å²) in [6, 6.07) is 20.6. The van der Waals surface area contributed by atoms with Gasteiger partial charge in [0.25, 0.3) is 5.69 Å². The second-order valence-corrected chi connectivity index (χ2v) is 7.81. The molecule has 1 N–H and O–H groups in total. The van der Waals surface area contributed by atoms with Gasteiger partial charge in [0.1, 0.15) is 0 Å². The Morgan fingerprint density at radius 1 is 1.00 bits per heavy atom. The lowest BCUT2D eigenvalue weighted by atomic mass is 10.1. The summed E-state index contributed by atoms with van der Waals surface area (Å²) in [5.41, 5.74) is 8.38. The van der Waals surface area contributed by atoms with Crippen molar-refractivity contribution in [1.29, 1.82) is 0 Å². The molecule has 0 unspecified atom stereocenters. The van der Waals surface area contributed by atoms with E-state index in [4.69, 9.17) is 9.47 Å². The normalized spacial score (nSPS) is 11.1. The van der Waals surface area contributed by atoms with Gasteiger partial charge in [0.15, 0.2) is 11.5 Å². The largest absolute Gasteiger partial charge is 0.493 e. The molecule has 1 aromatic heterocycles. The van der Waals surface area contributed by atoms with E-state index < -0.39 is 0 Å². The summed E-state index contributed by atoms with van der Waals surface area (Å²) in [5.74, 6) is 1.36. The fraction of sp³-hybridized carbons (Fsp3) is 0.192. The number of nitro benzene ring substituents is 1. The number of nitro groups is 1. The van der Waals surface area contributed by atoms with Crippen LogP contribution in [0.15, 0.2) is 71.8 Å². The maximum atomic E-state index is 10.9. The van der Waals surface area contributed by atoms with Gasteiger partial charge in [0.05, 0.1) is 31.9 Å². The molecule has 0 atom stereocenters. The Morgan fingerprint density at radius 2 is 1.71 bits per heavy atom. The molecule has 0 amide bonds. The first-order valence-corrected chi connectivity index (χ1v) is 10.8. The third kappa shape index (κ3) is 4.71. The van der Waals surface area contributed by atoms with Crippen LogP contribution in [0.2, 0.25) is 0 Å². The van der Waals surface area contributed by atoms with Crippen molar-refractivity contribution in [3.63, 3.8) is 0 Å². The Hall–Kier alpha value is -4.33.